The summed E-state index contributed by atoms with van der Waals surface area (Å²) in [6.45, 7) is -0.178. The van der Waals surface area contributed by atoms with Crippen molar-refractivity contribution in [2.75, 3.05) is 6.61 Å². The summed E-state index contributed by atoms with van der Waals surface area (Å²) in [7, 11) is 0. The lowest BCUT2D eigenvalue weighted by atomic mass is 10.1. The van der Waals surface area contributed by atoms with Gasteiger partial charge < -0.3 is 14.2 Å². The highest BCUT2D eigenvalue weighted by Crippen LogP contribution is 2.19. The van der Waals surface area contributed by atoms with Crippen LogP contribution in [0.1, 0.15) is 20.7 Å². The summed E-state index contributed by atoms with van der Waals surface area (Å²) in [5.41, 5.74) is 9.38. The van der Waals surface area contributed by atoms with Crippen LogP contribution >= 0.6 is 0 Å². The number of esters is 2. The third-order valence-electron chi connectivity index (χ3n) is 3.95. The number of ether oxygens (including phenoxy) is 3. The number of rotatable bonds is 6. The van der Waals surface area contributed by atoms with Crippen molar-refractivity contribution in [3.05, 3.63) is 94.4 Å². The molecule has 0 spiro atoms. The summed E-state index contributed by atoms with van der Waals surface area (Å²) in [5.74, 6) is -1.08. The molecular weight excluding hydrogens is 362 g/mol. The minimum Gasteiger partial charge on any atom is -0.459 e. The van der Waals surface area contributed by atoms with Crippen LogP contribution < -0.4 is 0 Å². The second-order valence-corrected chi connectivity index (χ2v) is 5.86. The van der Waals surface area contributed by atoms with Crippen molar-refractivity contribution in [3.63, 3.8) is 0 Å². The standard InChI is InChI=1S/C20H17N3O5/c21-23-22-18-12-11-16(28-20(25)15-9-5-2-6-10-15)17(27-18)13-26-19(24)14-7-3-1-4-8-14/h1-12,16-18H,13H2/t16-,17+,18-/m0/s1. The monoisotopic (exact) mass is 379 g/mol. The fourth-order valence-electron chi connectivity index (χ4n) is 2.58. The Morgan fingerprint density at radius 3 is 2.18 bits per heavy atom. The number of hydrogen-bond acceptors (Lipinski definition) is 6. The molecule has 2 aromatic carbocycles. The molecule has 0 unspecified atom stereocenters. The molecule has 0 N–H and O–H groups in total. The van der Waals surface area contributed by atoms with E-state index in [0.717, 1.165) is 0 Å². The van der Waals surface area contributed by atoms with E-state index < -0.39 is 30.4 Å². The van der Waals surface area contributed by atoms with E-state index in [1.165, 1.54) is 6.08 Å². The SMILES string of the molecule is [N-]=[N+]=N[C@@H]1C=C[C@H](OC(=O)c2ccccc2)[C@@H](COC(=O)c2ccccc2)O1. The Hall–Kier alpha value is -3.61. The summed E-state index contributed by atoms with van der Waals surface area (Å²) in [6.07, 6.45) is 0.544. The van der Waals surface area contributed by atoms with Crippen LogP contribution in [0.15, 0.2) is 77.9 Å². The van der Waals surface area contributed by atoms with Gasteiger partial charge in [0.25, 0.3) is 0 Å². The minimum atomic E-state index is -0.878. The molecule has 0 saturated heterocycles. The molecule has 1 aliphatic rings. The average Bonchev–Trinajstić information content (AvgIpc) is 2.75. The van der Waals surface area contributed by atoms with Crippen LogP contribution in [0.25, 0.3) is 10.4 Å². The lowest BCUT2D eigenvalue weighted by molar-refractivity contribution is -0.0874. The lowest BCUT2D eigenvalue weighted by Gasteiger charge is -2.30. The van der Waals surface area contributed by atoms with Gasteiger partial charge in [0.05, 0.1) is 11.1 Å². The Morgan fingerprint density at radius 1 is 0.964 bits per heavy atom. The van der Waals surface area contributed by atoms with Crippen LogP contribution in [0.2, 0.25) is 0 Å². The predicted octanol–water partition coefficient (Wildman–Crippen LogP) is 3.66. The van der Waals surface area contributed by atoms with Crippen LogP contribution in [-0.4, -0.2) is 37.0 Å². The number of carbonyl (C=O) groups is 2. The van der Waals surface area contributed by atoms with E-state index in [1.807, 2.05) is 0 Å². The maximum atomic E-state index is 12.3. The van der Waals surface area contributed by atoms with Gasteiger partial charge in [0.1, 0.15) is 18.8 Å². The zero-order valence-corrected chi connectivity index (χ0v) is 14.8. The molecule has 0 aromatic heterocycles. The highest BCUT2D eigenvalue weighted by atomic mass is 16.6. The maximum Gasteiger partial charge on any atom is 0.338 e. The fourth-order valence-corrected chi connectivity index (χ4v) is 2.58. The van der Waals surface area contributed by atoms with Crippen LogP contribution in [0.3, 0.4) is 0 Å². The average molecular weight is 379 g/mol. The normalized spacial score (nSPS) is 20.6. The van der Waals surface area contributed by atoms with Crippen molar-refractivity contribution in [2.45, 2.75) is 18.4 Å². The first kappa shape index (κ1) is 19.2. The van der Waals surface area contributed by atoms with Gasteiger partial charge in [-0.15, -0.1) is 0 Å². The third kappa shape index (κ3) is 4.97. The first-order valence-corrected chi connectivity index (χ1v) is 8.53. The number of nitrogens with zero attached hydrogens (tertiary/aromatic N) is 3. The first-order chi connectivity index (χ1) is 13.7. The summed E-state index contributed by atoms with van der Waals surface area (Å²) < 4.78 is 16.4. The smallest absolute Gasteiger partial charge is 0.338 e. The van der Waals surface area contributed by atoms with Gasteiger partial charge in [0, 0.05) is 4.91 Å². The van der Waals surface area contributed by atoms with E-state index in [9.17, 15) is 9.59 Å². The molecule has 28 heavy (non-hydrogen) atoms. The molecule has 1 aliphatic heterocycles. The van der Waals surface area contributed by atoms with Gasteiger partial charge in [-0.25, -0.2) is 9.59 Å². The highest BCUT2D eigenvalue weighted by molar-refractivity contribution is 5.90. The lowest BCUT2D eigenvalue weighted by Crippen LogP contribution is -2.41. The second kappa shape index (κ2) is 9.36. The molecule has 0 radical (unpaired) electrons. The largest absolute Gasteiger partial charge is 0.459 e. The topological polar surface area (TPSA) is 111 Å². The molecule has 2 aromatic rings. The van der Waals surface area contributed by atoms with Gasteiger partial charge in [0.2, 0.25) is 0 Å². The Bertz CT molecular complexity index is 895. The second-order valence-electron chi connectivity index (χ2n) is 5.86. The first-order valence-electron chi connectivity index (χ1n) is 8.53. The molecule has 0 saturated carbocycles. The Balaban J connectivity index is 1.69. The molecule has 142 valence electrons. The zero-order chi connectivity index (χ0) is 19.8. The summed E-state index contributed by atoms with van der Waals surface area (Å²) in [4.78, 5) is 27.2. The van der Waals surface area contributed by atoms with E-state index in [0.29, 0.717) is 11.1 Å². The molecule has 3 atom stereocenters. The van der Waals surface area contributed by atoms with Crippen molar-refractivity contribution in [2.24, 2.45) is 5.11 Å². The number of benzene rings is 2. The van der Waals surface area contributed by atoms with Crippen LogP contribution in [0.4, 0.5) is 0 Å². The molecule has 8 nitrogen and oxygen atoms in total. The Morgan fingerprint density at radius 2 is 1.57 bits per heavy atom. The summed E-state index contributed by atoms with van der Waals surface area (Å²) in [5, 5.41) is 3.48. The minimum absolute atomic E-state index is 0.178. The van der Waals surface area contributed by atoms with E-state index >= 15 is 0 Å². The van der Waals surface area contributed by atoms with Gasteiger partial charge in [-0.2, -0.15) is 0 Å². The maximum absolute atomic E-state index is 12.3. The molecule has 0 fully saturated rings. The van der Waals surface area contributed by atoms with Crippen molar-refractivity contribution in [1.29, 1.82) is 0 Å². The number of carbonyl (C=O) groups excluding carboxylic acids is 2. The molecule has 0 amide bonds. The van der Waals surface area contributed by atoms with Crippen molar-refractivity contribution >= 4 is 11.9 Å². The van der Waals surface area contributed by atoms with Crippen LogP contribution in [0, 0.1) is 0 Å². The van der Waals surface area contributed by atoms with Crippen molar-refractivity contribution in [1.82, 2.24) is 0 Å². The van der Waals surface area contributed by atoms with E-state index in [2.05, 4.69) is 10.0 Å². The van der Waals surface area contributed by atoms with Gasteiger partial charge in [-0.1, -0.05) is 47.6 Å². The molecule has 0 bridgehead atoms. The van der Waals surface area contributed by atoms with E-state index in [1.54, 1.807) is 66.7 Å². The van der Waals surface area contributed by atoms with Gasteiger partial charge in [-0.05, 0) is 35.9 Å². The van der Waals surface area contributed by atoms with E-state index in [4.69, 9.17) is 19.7 Å². The van der Waals surface area contributed by atoms with Gasteiger partial charge >= 0.3 is 11.9 Å². The fraction of sp³-hybridized carbons (Fsp3) is 0.200. The molecular formula is C20H17N3O5. The van der Waals surface area contributed by atoms with Crippen LogP contribution in [0.5, 0.6) is 0 Å². The molecule has 8 heteroatoms. The Kier molecular flexibility index (Phi) is 6.41. The Labute approximate surface area is 161 Å². The summed E-state index contributed by atoms with van der Waals surface area (Å²) >= 11 is 0. The summed E-state index contributed by atoms with van der Waals surface area (Å²) in [6, 6.07) is 17.0. The van der Waals surface area contributed by atoms with Crippen molar-refractivity contribution < 1.29 is 23.8 Å². The predicted molar refractivity (Wildman–Crippen MR) is 99.3 cm³/mol. The van der Waals surface area contributed by atoms with Gasteiger partial charge in [-0.3, -0.25) is 0 Å². The zero-order valence-electron chi connectivity index (χ0n) is 14.8. The third-order valence-corrected chi connectivity index (χ3v) is 3.95. The number of hydrogen-bond donors (Lipinski definition) is 0. The van der Waals surface area contributed by atoms with Gasteiger partial charge in [0.15, 0.2) is 6.23 Å². The van der Waals surface area contributed by atoms with Crippen LogP contribution in [-0.2, 0) is 14.2 Å². The number of azide groups is 1. The molecule has 3 rings (SSSR count). The quantitative estimate of drug-likeness (QED) is 0.250. The van der Waals surface area contributed by atoms with E-state index in [-0.39, 0.29) is 6.61 Å². The highest BCUT2D eigenvalue weighted by Gasteiger charge is 2.31. The molecule has 1 heterocycles. The molecule has 0 aliphatic carbocycles. The van der Waals surface area contributed by atoms with Crippen molar-refractivity contribution in [3.8, 4) is 0 Å².